The first kappa shape index (κ1) is 12.1. The van der Waals surface area contributed by atoms with Crippen LogP contribution in [0.3, 0.4) is 0 Å². The molecule has 0 aromatic carbocycles. The number of piperazine rings is 1. The number of esters is 1. The van der Waals surface area contributed by atoms with Gasteiger partial charge in [-0.3, -0.25) is 4.90 Å². The third kappa shape index (κ3) is 3.08. The highest BCUT2D eigenvalue weighted by atomic mass is 16.5. The van der Waals surface area contributed by atoms with Gasteiger partial charge in [0.25, 0.3) is 0 Å². The minimum absolute atomic E-state index is 0.275. The lowest BCUT2D eigenvalue weighted by atomic mass is 10.3. The van der Waals surface area contributed by atoms with Crippen LogP contribution in [0.4, 0.5) is 0 Å². The number of rotatable bonds is 3. The Morgan fingerprint density at radius 1 is 1.35 bits per heavy atom. The lowest BCUT2D eigenvalue weighted by Gasteiger charge is -2.31. The van der Waals surface area contributed by atoms with E-state index in [0.29, 0.717) is 0 Å². The fraction of sp³-hybridized carbons (Fsp3) is 0.583. The summed E-state index contributed by atoms with van der Waals surface area (Å²) in [6, 6.07) is 3.50. The first-order valence-electron chi connectivity index (χ1n) is 5.77. The van der Waals surface area contributed by atoms with Crippen LogP contribution in [-0.4, -0.2) is 56.1 Å². The highest BCUT2D eigenvalue weighted by molar-refractivity contribution is 5.86. The summed E-state index contributed by atoms with van der Waals surface area (Å²) in [6.07, 6.45) is 0. The minimum atomic E-state index is -0.422. The zero-order chi connectivity index (χ0) is 12.3. The molecule has 0 bridgehead atoms. The summed E-state index contributed by atoms with van der Waals surface area (Å²) in [5.74, 6) is 0.668. The number of hydrogen-bond acceptors (Lipinski definition) is 5. The number of methoxy groups -OCH3 is 1. The lowest BCUT2D eigenvalue weighted by Crippen LogP contribution is -2.43. The molecule has 1 saturated heterocycles. The molecule has 0 radical (unpaired) electrons. The number of carbonyl (C=O) groups excluding carboxylic acids is 1. The van der Waals surface area contributed by atoms with Crippen molar-refractivity contribution in [2.24, 2.45) is 0 Å². The second kappa shape index (κ2) is 5.33. The Balaban J connectivity index is 1.90. The molecule has 0 amide bonds. The molecule has 5 heteroatoms. The molecule has 1 aromatic rings. The molecule has 1 aliphatic heterocycles. The van der Waals surface area contributed by atoms with Crippen LogP contribution in [0.1, 0.15) is 16.3 Å². The van der Waals surface area contributed by atoms with Gasteiger partial charge < -0.3 is 14.1 Å². The molecule has 0 unspecified atom stereocenters. The van der Waals surface area contributed by atoms with Gasteiger partial charge in [-0.1, -0.05) is 0 Å². The Morgan fingerprint density at radius 2 is 2.06 bits per heavy atom. The van der Waals surface area contributed by atoms with E-state index >= 15 is 0 Å². The summed E-state index contributed by atoms with van der Waals surface area (Å²) in [4.78, 5) is 15.8. The zero-order valence-electron chi connectivity index (χ0n) is 10.3. The highest BCUT2D eigenvalue weighted by Crippen LogP contribution is 2.12. The van der Waals surface area contributed by atoms with Crippen LogP contribution < -0.4 is 0 Å². The maximum absolute atomic E-state index is 11.2. The van der Waals surface area contributed by atoms with E-state index < -0.39 is 5.97 Å². The Hall–Kier alpha value is -1.33. The first-order chi connectivity index (χ1) is 8.19. The molecule has 0 spiro atoms. The third-order valence-corrected chi connectivity index (χ3v) is 3.02. The average molecular weight is 238 g/mol. The molecule has 17 heavy (non-hydrogen) atoms. The predicted molar refractivity (Wildman–Crippen MR) is 62.8 cm³/mol. The SMILES string of the molecule is COC(=O)c1ccc(CN2CCN(C)CC2)o1. The van der Waals surface area contributed by atoms with Crippen molar-refractivity contribution < 1.29 is 13.9 Å². The van der Waals surface area contributed by atoms with Crippen LogP contribution in [0.15, 0.2) is 16.5 Å². The van der Waals surface area contributed by atoms with Crippen molar-refractivity contribution in [1.82, 2.24) is 9.80 Å². The molecular weight excluding hydrogens is 220 g/mol. The topological polar surface area (TPSA) is 45.9 Å². The van der Waals surface area contributed by atoms with E-state index in [1.807, 2.05) is 6.07 Å². The van der Waals surface area contributed by atoms with E-state index in [1.54, 1.807) is 6.07 Å². The average Bonchev–Trinajstić information content (AvgIpc) is 2.80. The van der Waals surface area contributed by atoms with Gasteiger partial charge in [0.05, 0.1) is 13.7 Å². The summed E-state index contributed by atoms with van der Waals surface area (Å²) < 4.78 is 10.0. The number of carbonyl (C=O) groups is 1. The molecule has 5 nitrogen and oxygen atoms in total. The van der Waals surface area contributed by atoms with Gasteiger partial charge in [-0.15, -0.1) is 0 Å². The van der Waals surface area contributed by atoms with E-state index in [9.17, 15) is 4.79 Å². The number of hydrogen-bond donors (Lipinski definition) is 0. The van der Waals surface area contributed by atoms with Crippen LogP contribution in [-0.2, 0) is 11.3 Å². The smallest absolute Gasteiger partial charge is 0.373 e. The normalized spacial score (nSPS) is 18.2. The molecule has 1 aliphatic rings. The number of furan rings is 1. The fourth-order valence-corrected chi connectivity index (χ4v) is 1.90. The van der Waals surface area contributed by atoms with Crippen molar-refractivity contribution in [2.45, 2.75) is 6.54 Å². The van der Waals surface area contributed by atoms with Crippen molar-refractivity contribution in [3.8, 4) is 0 Å². The van der Waals surface area contributed by atoms with E-state index in [2.05, 4.69) is 21.6 Å². The number of likely N-dealkylation sites (N-methyl/N-ethyl adjacent to an activating group) is 1. The standard InChI is InChI=1S/C12H18N2O3/c1-13-5-7-14(8-6-13)9-10-3-4-11(17-10)12(15)16-2/h3-4H,5-9H2,1-2H3. The monoisotopic (exact) mass is 238 g/mol. The van der Waals surface area contributed by atoms with E-state index in [0.717, 1.165) is 38.5 Å². The Bertz CT molecular complexity index is 381. The highest BCUT2D eigenvalue weighted by Gasteiger charge is 2.17. The van der Waals surface area contributed by atoms with Crippen molar-refractivity contribution in [3.63, 3.8) is 0 Å². The van der Waals surface area contributed by atoms with Gasteiger partial charge in [-0.2, -0.15) is 0 Å². The summed E-state index contributed by atoms with van der Waals surface area (Å²) in [5, 5.41) is 0. The van der Waals surface area contributed by atoms with Crippen molar-refractivity contribution >= 4 is 5.97 Å². The van der Waals surface area contributed by atoms with Crippen LogP contribution in [0.5, 0.6) is 0 Å². The molecule has 0 aliphatic carbocycles. The molecule has 2 rings (SSSR count). The molecule has 0 atom stereocenters. The maximum Gasteiger partial charge on any atom is 0.373 e. The molecule has 1 aromatic heterocycles. The summed E-state index contributed by atoms with van der Waals surface area (Å²) in [5.41, 5.74) is 0. The molecule has 94 valence electrons. The van der Waals surface area contributed by atoms with Gasteiger partial charge in [-0.05, 0) is 19.2 Å². The largest absolute Gasteiger partial charge is 0.463 e. The maximum atomic E-state index is 11.2. The molecule has 1 fully saturated rings. The van der Waals surface area contributed by atoms with Crippen molar-refractivity contribution in [1.29, 1.82) is 0 Å². The van der Waals surface area contributed by atoms with Crippen molar-refractivity contribution in [3.05, 3.63) is 23.7 Å². The van der Waals surface area contributed by atoms with Crippen LogP contribution in [0.2, 0.25) is 0 Å². The van der Waals surface area contributed by atoms with Gasteiger partial charge >= 0.3 is 5.97 Å². The second-order valence-corrected chi connectivity index (χ2v) is 4.34. The first-order valence-corrected chi connectivity index (χ1v) is 5.77. The lowest BCUT2D eigenvalue weighted by molar-refractivity contribution is 0.0559. The summed E-state index contributed by atoms with van der Waals surface area (Å²) in [6.45, 7) is 4.97. The zero-order valence-corrected chi connectivity index (χ0v) is 10.3. The Kier molecular flexibility index (Phi) is 3.81. The quantitative estimate of drug-likeness (QED) is 0.729. The summed E-state index contributed by atoms with van der Waals surface area (Å²) >= 11 is 0. The third-order valence-electron chi connectivity index (χ3n) is 3.02. The molecular formula is C12H18N2O3. The fourth-order valence-electron chi connectivity index (χ4n) is 1.90. The molecule has 2 heterocycles. The van der Waals surface area contributed by atoms with Crippen LogP contribution in [0, 0.1) is 0 Å². The summed E-state index contributed by atoms with van der Waals surface area (Å²) in [7, 11) is 3.48. The Labute approximate surface area is 101 Å². The van der Waals surface area contributed by atoms with Gasteiger partial charge in [0, 0.05) is 26.2 Å². The van der Waals surface area contributed by atoms with Gasteiger partial charge in [-0.25, -0.2) is 4.79 Å². The predicted octanol–water partition coefficient (Wildman–Crippen LogP) is 0.814. The second-order valence-electron chi connectivity index (χ2n) is 4.34. The van der Waals surface area contributed by atoms with Crippen LogP contribution in [0.25, 0.3) is 0 Å². The minimum Gasteiger partial charge on any atom is -0.463 e. The van der Waals surface area contributed by atoms with E-state index in [4.69, 9.17) is 4.42 Å². The van der Waals surface area contributed by atoms with Gasteiger partial charge in [0.2, 0.25) is 5.76 Å². The van der Waals surface area contributed by atoms with Crippen LogP contribution >= 0.6 is 0 Å². The number of ether oxygens (including phenoxy) is 1. The molecule has 0 N–H and O–H groups in total. The van der Waals surface area contributed by atoms with E-state index in [1.165, 1.54) is 7.11 Å². The van der Waals surface area contributed by atoms with Gasteiger partial charge in [0.1, 0.15) is 5.76 Å². The van der Waals surface area contributed by atoms with Crippen molar-refractivity contribution in [2.75, 3.05) is 40.3 Å². The van der Waals surface area contributed by atoms with E-state index in [-0.39, 0.29) is 5.76 Å². The molecule has 0 saturated carbocycles. The Morgan fingerprint density at radius 3 is 2.71 bits per heavy atom. The van der Waals surface area contributed by atoms with Gasteiger partial charge in [0.15, 0.2) is 0 Å². The number of nitrogens with zero attached hydrogens (tertiary/aromatic N) is 2.